The number of nitrogens with zero attached hydrogens (tertiary/aromatic N) is 3. The van der Waals surface area contributed by atoms with E-state index in [2.05, 4.69) is 51.5 Å². The van der Waals surface area contributed by atoms with Crippen LogP contribution in [-0.4, -0.2) is 53.1 Å². The van der Waals surface area contributed by atoms with Crippen LogP contribution in [0.2, 0.25) is 0 Å². The fourth-order valence-corrected chi connectivity index (χ4v) is 5.52. The number of rotatable bonds is 6. The SMILES string of the molecule is CCN1CCc2sc(NCCC(F)(F)F)nc2C1.Cc1cccc2ncccc12.O=CNC1CCCCC1. The summed E-state index contributed by atoms with van der Waals surface area (Å²) in [5, 5.41) is 7.42. The molecular formula is C28H38F3N5OS. The Morgan fingerprint density at radius 2 is 1.95 bits per heavy atom. The second kappa shape index (κ2) is 15.0. The van der Waals surface area contributed by atoms with Crippen LogP contribution < -0.4 is 10.6 Å². The summed E-state index contributed by atoms with van der Waals surface area (Å²) in [7, 11) is 0. The fraction of sp³-hybridized carbons (Fsp3) is 0.536. The second-order valence-electron chi connectivity index (χ2n) is 9.56. The normalized spacial score (nSPS) is 15.9. The number of fused-ring (bicyclic) bond motifs is 2. The van der Waals surface area contributed by atoms with E-state index in [0.29, 0.717) is 11.2 Å². The number of likely N-dealkylation sites (N-methyl/N-ethyl adjacent to an activating group) is 1. The Labute approximate surface area is 227 Å². The third kappa shape index (κ3) is 9.87. The Morgan fingerprint density at radius 1 is 1.16 bits per heavy atom. The van der Waals surface area contributed by atoms with Gasteiger partial charge in [-0.1, -0.05) is 44.4 Å². The first-order valence-electron chi connectivity index (χ1n) is 13.3. The average Bonchev–Trinajstić information content (AvgIpc) is 3.32. The predicted octanol–water partition coefficient (Wildman–Crippen LogP) is 6.49. The van der Waals surface area contributed by atoms with Gasteiger partial charge in [-0.2, -0.15) is 13.2 Å². The third-order valence-electron chi connectivity index (χ3n) is 6.71. The Balaban J connectivity index is 0.000000170. The zero-order valence-electron chi connectivity index (χ0n) is 22.2. The lowest BCUT2D eigenvalue weighted by molar-refractivity contribution is -0.131. The van der Waals surface area contributed by atoms with Gasteiger partial charge >= 0.3 is 6.18 Å². The molecule has 1 aliphatic heterocycles. The Kier molecular flexibility index (Phi) is 11.8. The largest absolute Gasteiger partial charge is 0.390 e. The fourth-order valence-electron chi connectivity index (χ4n) is 4.53. The van der Waals surface area contributed by atoms with Crippen molar-refractivity contribution in [2.24, 2.45) is 0 Å². The molecule has 1 saturated carbocycles. The molecule has 0 unspecified atom stereocenters. The maximum absolute atomic E-state index is 12.0. The molecule has 3 aromatic rings. The predicted molar refractivity (Wildman–Crippen MR) is 148 cm³/mol. The van der Waals surface area contributed by atoms with Crippen LogP contribution in [0.5, 0.6) is 0 Å². The number of amides is 1. The van der Waals surface area contributed by atoms with Crippen molar-refractivity contribution in [1.29, 1.82) is 0 Å². The first-order chi connectivity index (χ1) is 18.3. The summed E-state index contributed by atoms with van der Waals surface area (Å²) in [6.45, 7) is 6.89. The van der Waals surface area contributed by atoms with Crippen LogP contribution in [0.3, 0.4) is 0 Å². The third-order valence-corrected chi connectivity index (χ3v) is 7.83. The number of pyridine rings is 1. The maximum atomic E-state index is 12.0. The summed E-state index contributed by atoms with van der Waals surface area (Å²) < 4.78 is 36.1. The van der Waals surface area contributed by atoms with Crippen LogP contribution in [0, 0.1) is 6.92 Å². The van der Waals surface area contributed by atoms with E-state index in [-0.39, 0.29) is 6.54 Å². The molecule has 10 heteroatoms. The summed E-state index contributed by atoms with van der Waals surface area (Å²) in [5.74, 6) is 0. The molecule has 1 amide bonds. The van der Waals surface area contributed by atoms with E-state index in [9.17, 15) is 18.0 Å². The summed E-state index contributed by atoms with van der Waals surface area (Å²) >= 11 is 1.48. The molecule has 0 atom stereocenters. The smallest absolute Gasteiger partial charge is 0.361 e. The number of aryl methyl sites for hydroxylation is 1. The van der Waals surface area contributed by atoms with E-state index in [1.807, 2.05) is 24.4 Å². The Bertz CT molecular complexity index is 1130. The molecule has 0 bridgehead atoms. The molecular weight excluding hydrogens is 511 g/mol. The van der Waals surface area contributed by atoms with E-state index in [4.69, 9.17) is 0 Å². The van der Waals surface area contributed by atoms with Gasteiger partial charge < -0.3 is 10.6 Å². The van der Waals surface area contributed by atoms with Crippen molar-refractivity contribution in [1.82, 2.24) is 20.2 Å². The van der Waals surface area contributed by atoms with Crippen molar-refractivity contribution < 1.29 is 18.0 Å². The molecule has 2 N–H and O–H groups in total. The molecule has 208 valence electrons. The number of alkyl halides is 3. The van der Waals surface area contributed by atoms with Gasteiger partial charge in [0.05, 0.1) is 17.6 Å². The van der Waals surface area contributed by atoms with E-state index >= 15 is 0 Å². The number of thiazole rings is 1. The van der Waals surface area contributed by atoms with Gasteiger partial charge in [0.15, 0.2) is 5.13 Å². The van der Waals surface area contributed by atoms with Crippen molar-refractivity contribution in [3.8, 4) is 0 Å². The number of hydrogen-bond acceptors (Lipinski definition) is 6. The molecule has 6 nitrogen and oxygen atoms in total. The zero-order chi connectivity index (χ0) is 27.4. The van der Waals surface area contributed by atoms with Crippen molar-refractivity contribution in [3.63, 3.8) is 0 Å². The van der Waals surface area contributed by atoms with Gasteiger partial charge in [0.25, 0.3) is 0 Å². The molecule has 5 rings (SSSR count). The molecule has 3 heterocycles. The summed E-state index contributed by atoms with van der Waals surface area (Å²) in [5.41, 5.74) is 3.38. The lowest BCUT2D eigenvalue weighted by Crippen LogP contribution is -2.29. The number of hydrogen-bond donors (Lipinski definition) is 2. The van der Waals surface area contributed by atoms with Crippen LogP contribution in [0.4, 0.5) is 18.3 Å². The summed E-state index contributed by atoms with van der Waals surface area (Å²) in [6.07, 6.45) is 4.92. The molecule has 1 aliphatic carbocycles. The molecule has 38 heavy (non-hydrogen) atoms. The highest BCUT2D eigenvalue weighted by atomic mass is 32.1. The minimum atomic E-state index is -4.11. The van der Waals surface area contributed by atoms with Crippen molar-refractivity contribution in [2.75, 3.05) is 25.0 Å². The zero-order valence-corrected chi connectivity index (χ0v) is 23.0. The van der Waals surface area contributed by atoms with Gasteiger partial charge in [-0.3, -0.25) is 14.7 Å². The lowest BCUT2D eigenvalue weighted by Gasteiger charge is -2.23. The first kappa shape index (κ1) is 29.8. The van der Waals surface area contributed by atoms with E-state index in [0.717, 1.165) is 43.7 Å². The Hall–Kier alpha value is -2.72. The maximum Gasteiger partial charge on any atom is 0.390 e. The van der Waals surface area contributed by atoms with Crippen LogP contribution in [0.25, 0.3) is 10.9 Å². The number of halogens is 3. The number of anilines is 1. The number of carbonyl (C=O) groups excluding carboxylic acids is 1. The monoisotopic (exact) mass is 549 g/mol. The summed E-state index contributed by atoms with van der Waals surface area (Å²) in [6, 6.07) is 10.7. The van der Waals surface area contributed by atoms with Gasteiger partial charge in [-0.25, -0.2) is 4.98 Å². The molecule has 0 radical (unpaired) electrons. The average molecular weight is 550 g/mol. The number of aromatic nitrogens is 2. The molecule has 1 fully saturated rings. The van der Waals surface area contributed by atoms with Crippen molar-refractivity contribution >= 4 is 33.8 Å². The van der Waals surface area contributed by atoms with E-state index < -0.39 is 12.6 Å². The molecule has 0 saturated heterocycles. The van der Waals surface area contributed by atoms with Gasteiger partial charge in [0, 0.05) is 42.1 Å². The molecule has 2 aromatic heterocycles. The number of nitrogens with one attached hydrogen (secondary N) is 2. The standard InChI is InChI=1S/C11H16F3N3S.C10H9N.C7H13NO/c1-2-17-6-3-9-8(7-17)16-10(18-9)15-5-4-11(12,13)14;1-8-4-2-6-10-9(8)5-3-7-11-10;9-6-8-7-4-2-1-3-5-7/h2-7H2,1H3,(H,15,16);2-7H,1H3;6-7H,1-5H2,(H,8,9). The first-order valence-corrected chi connectivity index (χ1v) is 14.1. The second-order valence-corrected chi connectivity index (χ2v) is 10.6. The van der Waals surface area contributed by atoms with Crippen LogP contribution >= 0.6 is 11.3 Å². The minimum absolute atomic E-state index is 0.104. The van der Waals surface area contributed by atoms with E-state index in [1.54, 1.807) is 0 Å². The quantitative estimate of drug-likeness (QED) is 0.344. The highest BCUT2D eigenvalue weighted by Crippen LogP contribution is 2.28. The minimum Gasteiger partial charge on any atom is -0.361 e. The lowest BCUT2D eigenvalue weighted by atomic mass is 9.96. The van der Waals surface area contributed by atoms with Gasteiger partial charge in [-0.05, 0) is 50.4 Å². The van der Waals surface area contributed by atoms with E-state index in [1.165, 1.54) is 59.3 Å². The molecule has 2 aliphatic rings. The van der Waals surface area contributed by atoms with Gasteiger partial charge in [0.2, 0.25) is 6.41 Å². The molecule has 1 aromatic carbocycles. The van der Waals surface area contributed by atoms with Crippen molar-refractivity contribution in [2.45, 2.75) is 77.6 Å². The topological polar surface area (TPSA) is 70.1 Å². The Morgan fingerprint density at radius 3 is 2.63 bits per heavy atom. The van der Waals surface area contributed by atoms with Crippen LogP contribution in [0.15, 0.2) is 36.5 Å². The van der Waals surface area contributed by atoms with Crippen molar-refractivity contribution in [3.05, 3.63) is 52.7 Å². The highest BCUT2D eigenvalue weighted by Gasteiger charge is 2.26. The van der Waals surface area contributed by atoms with Gasteiger partial charge in [-0.15, -0.1) is 11.3 Å². The van der Waals surface area contributed by atoms with Crippen LogP contribution in [-0.2, 0) is 17.8 Å². The van der Waals surface area contributed by atoms with Gasteiger partial charge in [0.1, 0.15) is 0 Å². The number of benzene rings is 1. The number of carbonyl (C=O) groups is 1. The highest BCUT2D eigenvalue weighted by molar-refractivity contribution is 7.15. The molecule has 0 spiro atoms. The summed E-state index contributed by atoms with van der Waals surface area (Å²) in [4.78, 5) is 22.1. The van der Waals surface area contributed by atoms with Crippen LogP contribution in [0.1, 0.15) is 61.6 Å².